The zero-order valence-electron chi connectivity index (χ0n) is 10.4. The molecule has 0 atom stereocenters. The number of hydrogen-bond acceptors (Lipinski definition) is 5. The van der Waals surface area contributed by atoms with Crippen molar-refractivity contribution in [2.45, 2.75) is 6.36 Å². The maximum Gasteiger partial charge on any atom is 0.573 e. The van der Waals surface area contributed by atoms with Crippen LogP contribution in [0.2, 0.25) is 5.28 Å². The van der Waals surface area contributed by atoms with Crippen LogP contribution in [-0.2, 0) is 0 Å². The van der Waals surface area contributed by atoms with Crippen molar-refractivity contribution in [2.24, 2.45) is 0 Å². The Kier molecular flexibility index (Phi) is 4.27. The van der Waals surface area contributed by atoms with Gasteiger partial charge in [-0.3, -0.25) is 0 Å². The lowest BCUT2D eigenvalue weighted by atomic mass is 10.3. The van der Waals surface area contributed by atoms with Crippen LogP contribution >= 0.6 is 11.6 Å². The molecule has 0 saturated carbocycles. The van der Waals surface area contributed by atoms with E-state index in [2.05, 4.69) is 31.6 Å². The molecule has 0 amide bonds. The Bertz CT molecular complexity index is 646. The van der Waals surface area contributed by atoms with Gasteiger partial charge in [-0.1, -0.05) is 6.58 Å². The Balaban J connectivity index is 2.13. The fourth-order valence-electron chi connectivity index (χ4n) is 1.38. The van der Waals surface area contributed by atoms with Gasteiger partial charge in [0.15, 0.2) is 5.82 Å². The van der Waals surface area contributed by atoms with E-state index in [-0.39, 0.29) is 22.8 Å². The number of anilines is 2. The SMILES string of the molecule is C=Cc1nc(Cl)nc(Nc2ccc(OC(F)(F)F)cc2)n1. The van der Waals surface area contributed by atoms with Crippen molar-refractivity contribution < 1.29 is 17.9 Å². The molecule has 0 fully saturated rings. The monoisotopic (exact) mass is 316 g/mol. The summed E-state index contributed by atoms with van der Waals surface area (Å²) < 4.78 is 39.8. The Hall–Kier alpha value is -2.35. The van der Waals surface area contributed by atoms with Crippen molar-refractivity contribution in [1.29, 1.82) is 0 Å². The molecule has 9 heteroatoms. The summed E-state index contributed by atoms with van der Waals surface area (Å²) in [4.78, 5) is 11.6. The van der Waals surface area contributed by atoms with E-state index in [1.165, 1.54) is 18.2 Å². The van der Waals surface area contributed by atoms with Gasteiger partial charge in [-0.05, 0) is 41.9 Å². The lowest BCUT2D eigenvalue weighted by Crippen LogP contribution is -2.17. The minimum absolute atomic E-state index is 0.0283. The van der Waals surface area contributed by atoms with Gasteiger partial charge in [0.25, 0.3) is 0 Å². The van der Waals surface area contributed by atoms with Gasteiger partial charge in [0.05, 0.1) is 0 Å². The number of hydrogen-bond donors (Lipinski definition) is 1. The van der Waals surface area contributed by atoms with Crippen molar-refractivity contribution in [1.82, 2.24) is 15.0 Å². The minimum atomic E-state index is -4.73. The van der Waals surface area contributed by atoms with E-state index >= 15 is 0 Å². The smallest absolute Gasteiger partial charge is 0.406 e. The van der Waals surface area contributed by atoms with Crippen LogP contribution in [0.3, 0.4) is 0 Å². The fraction of sp³-hybridized carbons (Fsp3) is 0.0833. The van der Waals surface area contributed by atoms with Crippen LogP contribution in [0.4, 0.5) is 24.8 Å². The van der Waals surface area contributed by atoms with Gasteiger partial charge in [-0.2, -0.15) is 15.0 Å². The van der Waals surface area contributed by atoms with E-state index in [0.29, 0.717) is 5.69 Å². The Morgan fingerprint density at radius 2 is 1.81 bits per heavy atom. The van der Waals surface area contributed by atoms with E-state index in [9.17, 15) is 13.2 Å². The molecule has 0 spiro atoms. The number of ether oxygens (including phenoxy) is 1. The van der Waals surface area contributed by atoms with Gasteiger partial charge in [0.1, 0.15) is 5.75 Å². The van der Waals surface area contributed by atoms with Crippen LogP contribution in [0, 0.1) is 0 Å². The number of alkyl halides is 3. The third-order valence-corrected chi connectivity index (χ3v) is 2.32. The number of nitrogens with one attached hydrogen (secondary N) is 1. The normalized spacial score (nSPS) is 11.0. The maximum atomic E-state index is 12.0. The minimum Gasteiger partial charge on any atom is -0.406 e. The molecule has 0 radical (unpaired) electrons. The van der Waals surface area contributed by atoms with Gasteiger partial charge < -0.3 is 10.1 Å². The predicted octanol–water partition coefficient (Wildman–Crippen LogP) is 3.81. The number of nitrogens with zero attached hydrogens (tertiary/aromatic N) is 3. The number of aromatic nitrogens is 3. The molecular weight excluding hydrogens is 309 g/mol. The topological polar surface area (TPSA) is 59.9 Å². The van der Waals surface area contributed by atoms with Gasteiger partial charge in [0.2, 0.25) is 11.2 Å². The van der Waals surface area contributed by atoms with E-state index in [1.807, 2.05) is 0 Å². The summed E-state index contributed by atoms with van der Waals surface area (Å²) in [5.41, 5.74) is 0.460. The standard InChI is InChI=1S/C12H8ClF3N4O/c1-2-9-18-10(13)20-11(19-9)17-7-3-5-8(6-4-7)21-12(14,15)16/h2-6H,1H2,(H,17,18,19,20). The predicted molar refractivity (Wildman–Crippen MR) is 71.3 cm³/mol. The Labute approximate surface area is 122 Å². The second-order valence-electron chi connectivity index (χ2n) is 3.69. The first-order valence-corrected chi connectivity index (χ1v) is 5.90. The summed E-state index contributed by atoms with van der Waals surface area (Å²) in [5, 5.41) is 2.75. The molecule has 2 rings (SSSR count). The van der Waals surface area contributed by atoms with Gasteiger partial charge >= 0.3 is 6.36 Å². The molecule has 1 aromatic heterocycles. The van der Waals surface area contributed by atoms with Crippen LogP contribution in [0.25, 0.3) is 6.08 Å². The van der Waals surface area contributed by atoms with E-state index in [0.717, 1.165) is 12.1 Å². The molecule has 1 aromatic carbocycles. The highest BCUT2D eigenvalue weighted by atomic mass is 35.5. The molecule has 0 unspecified atom stereocenters. The average molecular weight is 317 g/mol. The van der Waals surface area contributed by atoms with Crippen LogP contribution in [0.1, 0.15) is 5.82 Å². The molecule has 1 heterocycles. The van der Waals surface area contributed by atoms with Crippen LogP contribution in [0.5, 0.6) is 5.75 Å². The van der Waals surface area contributed by atoms with Gasteiger partial charge in [-0.15, -0.1) is 13.2 Å². The highest BCUT2D eigenvalue weighted by molar-refractivity contribution is 6.28. The van der Waals surface area contributed by atoms with Crippen molar-refractivity contribution >= 4 is 29.3 Å². The van der Waals surface area contributed by atoms with E-state index < -0.39 is 6.36 Å². The summed E-state index contributed by atoms with van der Waals surface area (Å²) in [6, 6.07) is 5.08. The van der Waals surface area contributed by atoms with E-state index in [1.54, 1.807) is 0 Å². The molecule has 0 aliphatic rings. The molecule has 21 heavy (non-hydrogen) atoms. The lowest BCUT2D eigenvalue weighted by Gasteiger charge is -2.10. The second kappa shape index (κ2) is 5.96. The molecule has 0 aliphatic carbocycles. The zero-order chi connectivity index (χ0) is 15.5. The van der Waals surface area contributed by atoms with Gasteiger partial charge in [-0.25, -0.2) is 0 Å². The quantitative estimate of drug-likeness (QED) is 0.929. The first-order valence-electron chi connectivity index (χ1n) is 5.52. The summed E-state index contributed by atoms with van der Waals surface area (Å²) in [5.74, 6) is 0.0948. The van der Waals surface area contributed by atoms with Crippen molar-refractivity contribution in [3.05, 3.63) is 42.0 Å². The Morgan fingerprint density at radius 1 is 1.14 bits per heavy atom. The molecule has 5 nitrogen and oxygen atoms in total. The summed E-state index contributed by atoms with van der Waals surface area (Å²) in [6.45, 7) is 3.50. The van der Waals surface area contributed by atoms with E-state index in [4.69, 9.17) is 11.6 Å². The van der Waals surface area contributed by atoms with Crippen LogP contribution in [0.15, 0.2) is 30.8 Å². The fourth-order valence-corrected chi connectivity index (χ4v) is 1.55. The number of halogens is 4. The molecular formula is C12H8ClF3N4O. The lowest BCUT2D eigenvalue weighted by molar-refractivity contribution is -0.274. The first-order chi connectivity index (χ1) is 9.85. The molecule has 0 bridgehead atoms. The third kappa shape index (κ3) is 4.60. The van der Waals surface area contributed by atoms with Crippen molar-refractivity contribution in [3.8, 4) is 5.75 Å². The van der Waals surface area contributed by atoms with Crippen LogP contribution in [-0.4, -0.2) is 21.3 Å². The summed E-state index contributed by atoms with van der Waals surface area (Å²) in [6.07, 6.45) is -3.34. The molecule has 110 valence electrons. The first kappa shape index (κ1) is 15.0. The van der Waals surface area contributed by atoms with Crippen molar-refractivity contribution in [3.63, 3.8) is 0 Å². The summed E-state index contributed by atoms with van der Waals surface area (Å²) in [7, 11) is 0. The second-order valence-corrected chi connectivity index (χ2v) is 4.03. The molecule has 0 saturated heterocycles. The molecule has 1 N–H and O–H groups in total. The summed E-state index contributed by atoms with van der Waals surface area (Å²) >= 11 is 5.70. The average Bonchev–Trinajstić information content (AvgIpc) is 2.38. The van der Waals surface area contributed by atoms with Crippen LogP contribution < -0.4 is 10.1 Å². The maximum absolute atomic E-state index is 12.0. The Morgan fingerprint density at radius 3 is 2.38 bits per heavy atom. The van der Waals surface area contributed by atoms with Crippen molar-refractivity contribution in [2.75, 3.05) is 5.32 Å². The molecule has 2 aromatic rings. The zero-order valence-corrected chi connectivity index (χ0v) is 11.1. The molecule has 0 aliphatic heterocycles. The number of benzene rings is 1. The third-order valence-electron chi connectivity index (χ3n) is 2.15. The van der Waals surface area contributed by atoms with Gasteiger partial charge in [0, 0.05) is 5.69 Å². The highest BCUT2D eigenvalue weighted by Crippen LogP contribution is 2.24. The number of rotatable bonds is 4. The highest BCUT2D eigenvalue weighted by Gasteiger charge is 2.30. The largest absolute Gasteiger partial charge is 0.573 e.